The molecule has 1 fully saturated rings. The highest BCUT2D eigenvalue weighted by atomic mass is 32.2. The van der Waals surface area contributed by atoms with E-state index in [4.69, 9.17) is 4.98 Å². The Morgan fingerprint density at radius 2 is 1.70 bits per heavy atom. The van der Waals surface area contributed by atoms with Crippen molar-refractivity contribution in [2.45, 2.75) is 43.0 Å². The number of piperidine rings is 1. The van der Waals surface area contributed by atoms with Gasteiger partial charge in [0.1, 0.15) is 4.90 Å². The molecule has 0 aliphatic carbocycles. The number of nitrogens with one attached hydrogen (secondary N) is 1. The molecule has 40 heavy (non-hydrogen) atoms. The largest absolute Gasteiger partial charge is 0.371 e. The van der Waals surface area contributed by atoms with Crippen LogP contribution in [0.15, 0.2) is 71.9 Å². The molecule has 9 nitrogen and oxygen atoms in total. The van der Waals surface area contributed by atoms with Crippen molar-refractivity contribution in [3.8, 4) is 0 Å². The van der Waals surface area contributed by atoms with Gasteiger partial charge in [0.2, 0.25) is 5.95 Å². The van der Waals surface area contributed by atoms with E-state index in [9.17, 15) is 8.42 Å². The fourth-order valence-electron chi connectivity index (χ4n) is 5.75. The number of nitrogens with zero attached hydrogens (tertiary/aromatic N) is 6. The molecule has 2 aromatic carbocycles. The molecule has 0 unspecified atom stereocenters. The summed E-state index contributed by atoms with van der Waals surface area (Å²) in [5, 5.41) is 4.05. The predicted molar refractivity (Wildman–Crippen MR) is 160 cm³/mol. The summed E-state index contributed by atoms with van der Waals surface area (Å²) in [6, 6.07) is 17.8. The van der Waals surface area contributed by atoms with Crippen LogP contribution in [-0.4, -0.2) is 68.0 Å². The van der Waals surface area contributed by atoms with Crippen molar-refractivity contribution >= 4 is 44.1 Å². The first-order valence-electron chi connectivity index (χ1n) is 13.7. The molecule has 0 amide bonds. The van der Waals surface area contributed by atoms with Crippen LogP contribution in [0.5, 0.6) is 0 Å². The molecule has 0 spiro atoms. The SMILES string of the molecule is CN(C)C1CCN(c2ccc(Nc3ncc4c(n3)N(S(=O)(=O)c3cccc5cccnc35)CC4(C)C)cc2)CC1. The molecule has 1 N–H and O–H groups in total. The minimum absolute atomic E-state index is 0.174. The lowest BCUT2D eigenvalue weighted by molar-refractivity contribution is 0.249. The Morgan fingerprint density at radius 3 is 2.42 bits per heavy atom. The zero-order chi connectivity index (χ0) is 28.1. The minimum atomic E-state index is -3.92. The number of aromatic nitrogens is 3. The molecule has 4 aromatic rings. The Balaban J connectivity index is 1.26. The number of fused-ring (bicyclic) bond motifs is 2. The number of hydrogen-bond acceptors (Lipinski definition) is 8. The Morgan fingerprint density at radius 1 is 0.975 bits per heavy atom. The topological polar surface area (TPSA) is 94.6 Å². The van der Waals surface area contributed by atoms with E-state index in [1.54, 1.807) is 30.6 Å². The highest BCUT2D eigenvalue weighted by molar-refractivity contribution is 7.93. The van der Waals surface area contributed by atoms with E-state index < -0.39 is 15.4 Å². The number of hydrogen-bond donors (Lipinski definition) is 1. The molecule has 0 atom stereocenters. The maximum atomic E-state index is 14.0. The second kappa shape index (κ2) is 10.0. The smallest absolute Gasteiger partial charge is 0.267 e. The van der Waals surface area contributed by atoms with Crippen molar-refractivity contribution in [3.63, 3.8) is 0 Å². The molecule has 2 aliphatic rings. The van der Waals surface area contributed by atoms with Gasteiger partial charge in [0.25, 0.3) is 10.0 Å². The predicted octanol–water partition coefficient (Wildman–Crippen LogP) is 4.79. The van der Waals surface area contributed by atoms with Crippen molar-refractivity contribution < 1.29 is 8.42 Å². The Labute approximate surface area is 235 Å². The van der Waals surface area contributed by atoms with Gasteiger partial charge >= 0.3 is 0 Å². The normalized spacial score (nSPS) is 17.4. The average molecular weight is 558 g/mol. The zero-order valence-electron chi connectivity index (χ0n) is 23.4. The lowest BCUT2D eigenvalue weighted by atomic mass is 9.89. The Hall–Kier alpha value is -3.76. The molecular weight excluding hydrogens is 522 g/mol. The summed E-state index contributed by atoms with van der Waals surface area (Å²) >= 11 is 0. The summed E-state index contributed by atoms with van der Waals surface area (Å²) in [4.78, 5) is 18.6. The van der Waals surface area contributed by atoms with E-state index in [-0.39, 0.29) is 11.4 Å². The molecular formula is C30H35N7O2S. The summed E-state index contributed by atoms with van der Waals surface area (Å²) in [6.07, 6.45) is 5.66. The first-order valence-corrected chi connectivity index (χ1v) is 15.1. The van der Waals surface area contributed by atoms with Crippen LogP contribution in [0.3, 0.4) is 0 Å². The first-order chi connectivity index (χ1) is 19.1. The molecule has 1 saturated heterocycles. The van der Waals surface area contributed by atoms with E-state index in [1.807, 2.05) is 38.1 Å². The number of para-hydroxylation sites is 1. The van der Waals surface area contributed by atoms with Crippen LogP contribution in [0.4, 0.5) is 23.1 Å². The van der Waals surface area contributed by atoms with Crippen molar-refractivity contribution in [3.05, 3.63) is 72.6 Å². The highest BCUT2D eigenvalue weighted by Gasteiger charge is 2.43. The third-order valence-electron chi connectivity index (χ3n) is 8.12. The van der Waals surface area contributed by atoms with Gasteiger partial charge in [-0.05, 0) is 63.3 Å². The maximum Gasteiger partial charge on any atom is 0.267 e. The van der Waals surface area contributed by atoms with E-state index in [0.29, 0.717) is 23.3 Å². The van der Waals surface area contributed by atoms with Gasteiger partial charge in [-0.1, -0.05) is 32.0 Å². The quantitative estimate of drug-likeness (QED) is 0.362. The van der Waals surface area contributed by atoms with Crippen LogP contribution in [0.1, 0.15) is 32.3 Å². The second-order valence-electron chi connectivity index (χ2n) is 11.5. The van der Waals surface area contributed by atoms with Crippen LogP contribution in [0.25, 0.3) is 10.9 Å². The number of sulfonamides is 1. The van der Waals surface area contributed by atoms with E-state index in [1.165, 1.54) is 9.99 Å². The van der Waals surface area contributed by atoms with Gasteiger partial charge in [-0.15, -0.1) is 0 Å². The third-order valence-corrected chi connectivity index (χ3v) is 9.89. The second-order valence-corrected chi connectivity index (χ2v) is 13.3. The molecule has 208 valence electrons. The summed E-state index contributed by atoms with van der Waals surface area (Å²) in [6.45, 7) is 6.37. The number of pyridine rings is 1. The van der Waals surface area contributed by atoms with Gasteiger partial charge in [0, 0.05) is 65.8 Å². The van der Waals surface area contributed by atoms with Crippen LogP contribution >= 0.6 is 0 Å². The average Bonchev–Trinajstić information content (AvgIpc) is 3.23. The fraction of sp³-hybridized carbons (Fsp3) is 0.367. The van der Waals surface area contributed by atoms with Crippen LogP contribution in [0, 0.1) is 0 Å². The van der Waals surface area contributed by atoms with Crippen molar-refractivity contribution in [2.75, 3.05) is 48.3 Å². The molecule has 10 heteroatoms. The molecule has 6 rings (SSSR count). The maximum absolute atomic E-state index is 14.0. The van der Waals surface area contributed by atoms with Gasteiger partial charge < -0.3 is 15.1 Å². The molecule has 4 heterocycles. The van der Waals surface area contributed by atoms with Gasteiger partial charge in [-0.25, -0.2) is 17.7 Å². The van der Waals surface area contributed by atoms with Gasteiger partial charge in [-0.3, -0.25) is 4.98 Å². The van der Waals surface area contributed by atoms with Gasteiger partial charge in [0.15, 0.2) is 5.82 Å². The lowest BCUT2D eigenvalue weighted by Gasteiger charge is -2.36. The Kier molecular flexibility index (Phi) is 6.62. The standard InChI is InChI=1S/C30H35N7O2S/c1-30(2)20-37(40(38,39)26-9-5-7-21-8-6-16-31-27(21)26)28-25(30)19-32-29(34-28)33-22-10-12-24(13-11-22)36-17-14-23(15-18-36)35(3)4/h5-13,16,19,23H,14-15,17-18,20H2,1-4H3,(H,32,33,34). The zero-order valence-corrected chi connectivity index (χ0v) is 24.2. The van der Waals surface area contributed by atoms with Crippen molar-refractivity contribution in [2.24, 2.45) is 0 Å². The van der Waals surface area contributed by atoms with Crippen LogP contribution < -0.4 is 14.5 Å². The summed E-state index contributed by atoms with van der Waals surface area (Å²) in [5.74, 6) is 0.753. The van der Waals surface area contributed by atoms with Gasteiger partial charge in [-0.2, -0.15) is 4.98 Å². The van der Waals surface area contributed by atoms with E-state index >= 15 is 0 Å². The minimum Gasteiger partial charge on any atom is -0.371 e. The summed E-state index contributed by atoms with van der Waals surface area (Å²) in [7, 11) is 0.380. The Bertz CT molecular complexity index is 1640. The van der Waals surface area contributed by atoms with E-state index in [0.717, 1.165) is 42.6 Å². The monoisotopic (exact) mass is 557 g/mol. The molecule has 0 bridgehead atoms. The molecule has 2 aromatic heterocycles. The number of rotatable bonds is 6. The number of benzene rings is 2. The van der Waals surface area contributed by atoms with E-state index in [2.05, 4.69) is 51.3 Å². The van der Waals surface area contributed by atoms with Crippen LogP contribution in [-0.2, 0) is 15.4 Å². The fourth-order valence-corrected chi connectivity index (χ4v) is 7.51. The first kappa shape index (κ1) is 26.5. The lowest BCUT2D eigenvalue weighted by Crippen LogP contribution is -2.41. The van der Waals surface area contributed by atoms with Crippen molar-refractivity contribution in [1.29, 1.82) is 0 Å². The molecule has 2 aliphatic heterocycles. The van der Waals surface area contributed by atoms with Crippen LogP contribution in [0.2, 0.25) is 0 Å². The third kappa shape index (κ3) is 4.75. The van der Waals surface area contributed by atoms with Crippen molar-refractivity contribution in [1.82, 2.24) is 19.9 Å². The molecule has 0 saturated carbocycles. The molecule has 0 radical (unpaired) electrons. The summed E-state index contributed by atoms with van der Waals surface area (Å²) in [5.41, 5.74) is 2.85. The summed E-state index contributed by atoms with van der Waals surface area (Å²) < 4.78 is 29.4. The van der Waals surface area contributed by atoms with Gasteiger partial charge in [0.05, 0.1) is 5.52 Å². The number of anilines is 4. The highest BCUT2D eigenvalue weighted by Crippen LogP contribution is 2.42.